The number of carbonyl (C=O) groups excluding carboxylic acids is 2. The minimum Gasteiger partial charge on any atom is -0.299 e. The molecule has 2 nitrogen and oxygen atoms in total. The second kappa shape index (κ2) is 8.51. The van der Waals surface area contributed by atoms with E-state index in [4.69, 9.17) is 0 Å². The van der Waals surface area contributed by atoms with Crippen molar-refractivity contribution in [1.82, 2.24) is 0 Å². The Morgan fingerprint density at radius 3 is 1.41 bits per heavy atom. The first-order valence-corrected chi connectivity index (χ1v) is 5.94. The lowest BCUT2D eigenvalue weighted by Crippen LogP contribution is -1.84. The topological polar surface area (TPSA) is 34.1 Å². The molecule has 0 unspecified atom stereocenters. The Labute approximate surface area is 123 Å². The normalized spacial score (nSPS) is 10.0. The van der Waals surface area contributed by atoms with Crippen molar-refractivity contribution < 1.29 is 27.2 Å². The van der Waals surface area contributed by atoms with Gasteiger partial charge in [-0.15, -0.1) is 0 Å². The van der Waals surface area contributed by atoms with Crippen molar-refractivity contribution in [3.8, 4) is 0 Å². The van der Waals surface area contributed by atoms with Crippen LogP contribution in [0.3, 0.4) is 0 Å². The molecular weight excluding hydrogens is 300 g/mol. The SMILES string of the molecule is O=CC=Cc1cc(F)cc(F)c1.O=Cc1cc(F)cc(F)c1. The highest BCUT2D eigenvalue weighted by molar-refractivity contribution is 5.74. The predicted octanol–water partition coefficient (Wildman–Crippen LogP) is 3.95. The molecule has 0 fully saturated rings. The van der Waals surface area contributed by atoms with Gasteiger partial charge in [0.2, 0.25) is 0 Å². The molecule has 0 saturated heterocycles. The van der Waals surface area contributed by atoms with Gasteiger partial charge in [0, 0.05) is 17.7 Å². The Morgan fingerprint density at radius 1 is 0.636 bits per heavy atom. The highest BCUT2D eigenvalue weighted by atomic mass is 19.1. The second-order valence-corrected chi connectivity index (χ2v) is 4.02. The summed E-state index contributed by atoms with van der Waals surface area (Å²) in [6.07, 6.45) is 3.45. The third-order valence-corrected chi connectivity index (χ3v) is 2.27. The summed E-state index contributed by atoms with van der Waals surface area (Å²) >= 11 is 0. The monoisotopic (exact) mass is 310 g/mol. The zero-order valence-electron chi connectivity index (χ0n) is 11.1. The molecule has 0 aromatic heterocycles. The number of allylic oxidation sites excluding steroid dienone is 1. The first kappa shape index (κ1) is 17.3. The first-order chi connectivity index (χ1) is 10.4. The van der Waals surface area contributed by atoms with Crippen molar-refractivity contribution in [2.24, 2.45) is 0 Å². The van der Waals surface area contributed by atoms with Gasteiger partial charge in [0.25, 0.3) is 0 Å². The van der Waals surface area contributed by atoms with Crippen LogP contribution in [0.25, 0.3) is 6.08 Å². The molecule has 0 aliphatic carbocycles. The van der Waals surface area contributed by atoms with Gasteiger partial charge >= 0.3 is 0 Å². The summed E-state index contributed by atoms with van der Waals surface area (Å²) in [7, 11) is 0. The summed E-state index contributed by atoms with van der Waals surface area (Å²) < 4.78 is 49.4. The maximum Gasteiger partial charge on any atom is 0.150 e. The lowest BCUT2D eigenvalue weighted by atomic mass is 10.2. The van der Waals surface area contributed by atoms with Crippen LogP contribution in [0.4, 0.5) is 17.6 Å². The summed E-state index contributed by atoms with van der Waals surface area (Å²) in [6.45, 7) is 0. The average molecular weight is 310 g/mol. The fraction of sp³-hybridized carbons (Fsp3) is 0. The van der Waals surface area contributed by atoms with Crippen molar-refractivity contribution in [3.63, 3.8) is 0 Å². The van der Waals surface area contributed by atoms with Crippen LogP contribution in [-0.4, -0.2) is 12.6 Å². The Hall–Kier alpha value is -2.76. The van der Waals surface area contributed by atoms with Crippen LogP contribution in [0.1, 0.15) is 15.9 Å². The fourth-order valence-corrected chi connectivity index (χ4v) is 1.46. The van der Waals surface area contributed by atoms with Gasteiger partial charge in [-0.1, -0.05) is 6.08 Å². The minimum atomic E-state index is -0.734. The molecule has 2 aromatic carbocycles. The lowest BCUT2D eigenvalue weighted by molar-refractivity contribution is -0.104. The van der Waals surface area contributed by atoms with E-state index in [2.05, 4.69) is 0 Å². The molecule has 0 atom stereocenters. The van der Waals surface area contributed by atoms with E-state index in [9.17, 15) is 27.2 Å². The van der Waals surface area contributed by atoms with E-state index in [0.717, 1.165) is 30.3 Å². The molecule has 2 aromatic rings. The maximum atomic E-state index is 12.5. The molecule has 114 valence electrons. The first-order valence-electron chi connectivity index (χ1n) is 5.94. The molecule has 0 N–H and O–H groups in total. The van der Waals surface area contributed by atoms with Gasteiger partial charge < -0.3 is 0 Å². The van der Waals surface area contributed by atoms with Crippen molar-refractivity contribution in [3.05, 3.63) is 76.9 Å². The Bertz CT molecular complexity index is 656. The maximum absolute atomic E-state index is 12.5. The van der Waals surface area contributed by atoms with Crippen LogP contribution in [0.2, 0.25) is 0 Å². The Balaban J connectivity index is 0.000000224. The van der Waals surface area contributed by atoms with Gasteiger partial charge in [0.05, 0.1) is 0 Å². The standard InChI is InChI=1S/C9H6F2O.C7H4F2O/c10-8-4-7(2-1-3-12)5-9(11)6-8;8-6-1-5(4-10)2-7(9)3-6/h1-6H;1-4H. The van der Waals surface area contributed by atoms with Gasteiger partial charge in [-0.25, -0.2) is 17.6 Å². The zero-order valence-corrected chi connectivity index (χ0v) is 11.1. The number of carbonyl (C=O) groups is 2. The van der Waals surface area contributed by atoms with E-state index >= 15 is 0 Å². The minimum absolute atomic E-state index is 0.0116. The number of benzene rings is 2. The molecule has 0 radical (unpaired) electrons. The van der Waals surface area contributed by atoms with Gasteiger partial charge in [-0.2, -0.15) is 0 Å². The molecule has 22 heavy (non-hydrogen) atoms. The average Bonchev–Trinajstić information content (AvgIpc) is 2.43. The summed E-state index contributed by atoms with van der Waals surface area (Å²) in [5.74, 6) is -2.77. The van der Waals surface area contributed by atoms with Crippen LogP contribution >= 0.6 is 0 Å². The fourth-order valence-electron chi connectivity index (χ4n) is 1.46. The zero-order chi connectivity index (χ0) is 16.5. The highest BCUT2D eigenvalue weighted by Crippen LogP contribution is 2.08. The smallest absolute Gasteiger partial charge is 0.150 e. The van der Waals surface area contributed by atoms with E-state index in [-0.39, 0.29) is 5.56 Å². The van der Waals surface area contributed by atoms with Gasteiger partial charge in [0.15, 0.2) is 0 Å². The van der Waals surface area contributed by atoms with Crippen molar-refractivity contribution in [1.29, 1.82) is 0 Å². The second-order valence-electron chi connectivity index (χ2n) is 4.02. The van der Waals surface area contributed by atoms with E-state index in [1.165, 1.54) is 12.2 Å². The number of rotatable bonds is 3. The van der Waals surface area contributed by atoms with E-state index < -0.39 is 23.3 Å². The molecule has 0 bridgehead atoms. The number of aldehydes is 2. The highest BCUT2D eigenvalue weighted by Gasteiger charge is 1.97. The van der Waals surface area contributed by atoms with E-state index in [0.29, 0.717) is 24.2 Å². The number of halogens is 4. The van der Waals surface area contributed by atoms with Crippen LogP contribution in [0.15, 0.2) is 42.5 Å². The summed E-state index contributed by atoms with van der Waals surface area (Å²) in [4.78, 5) is 19.9. The summed E-state index contributed by atoms with van der Waals surface area (Å²) in [5, 5.41) is 0. The van der Waals surface area contributed by atoms with E-state index in [1.807, 2.05) is 0 Å². The van der Waals surface area contributed by atoms with E-state index in [1.54, 1.807) is 0 Å². The Morgan fingerprint density at radius 2 is 1.05 bits per heavy atom. The molecule has 0 aliphatic heterocycles. The van der Waals surface area contributed by atoms with Crippen LogP contribution in [-0.2, 0) is 4.79 Å². The van der Waals surface area contributed by atoms with Gasteiger partial charge in [0.1, 0.15) is 35.8 Å². The third-order valence-electron chi connectivity index (χ3n) is 2.27. The lowest BCUT2D eigenvalue weighted by Gasteiger charge is -1.93. The molecule has 2 rings (SSSR count). The predicted molar refractivity (Wildman–Crippen MR) is 73.2 cm³/mol. The summed E-state index contributed by atoms with van der Waals surface area (Å²) in [5.41, 5.74) is 0.345. The molecule has 0 heterocycles. The summed E-state index contributed by atoms with van der Waals surface area (Å²) in [6, 6.07) is 5.71. The molecule has 0 saturated carbocycles. The number of hydrogen-bond acceptors (Lipinski definition) is 2. The molecule has 0 amide bonds. The number of hydrogen-bond donors (Lipinski definition) is 0. The quantitative estimate of drug-likeness (QED) is 0.488. The van der Waals surface area contributed by atoms with Crippen molar-refractivity contribution >= 4 is 18.6 Å². The van der Waals surface area contributed by atoms with Crippen LogP contribution < -0.4 is 0 Å². The van der Waals surface area contributed by atoms with Crippen molar-refractivity contribution in [2.45, 2.75) is 0 Å². The molecule has 6 heteroatoms. The van der Waals surface area contributed by atoms with Crippen molar-refractivity contribution in [2.75, 3.05) is 0 Å². The molecule has 0 aliphatic rings. The van der Waals surface area contributed by atoms with Crippen LogP contribution in [0, 0.1) is 23.3 Å². The molecule has 0 spiro atoms. The van der Waals surface area contributed by atoms with Gasteiger partial charge in [-0.05, 0) is 35.9 Å². The van der Waals surface area contributed by atoms with Crippen LogP contribution in [0.5, 0.6) is 0 Å². The Kier molecular flexibility index (Phi) is 6.69. The third kappa shape index (κ3) is 6.13. The largest absolute Gasteiger partial charge is 0.299 e. The van der Waals surface area contributed by atoms with Gasteiger partial charge in [-0.3, -0.25) is 9.59 Å². The molecular formula is C16H10F4O2.